The first kappa shape index (κ1) is 15.7. The Hall–Kier alpha value is -2.14. The Morgan fingerprint density at radius 1 is 1.26 bits per heavy atom. The van der Waals surface area contributed by atoms with Crippen molar-refractivity contribution in [1.29, 1.82) is 0 Å². The summed E-state index contributed by atoms with van der Waals surface area (Å²) in [5.41, 5.74) is 0.919. The Morgan fingerprint density at radius 2 is 2.09 bits per heavy atom. The van der Waals surface area contributed by atoms with Crippen LogP contribution in [0.25, 0.3) is 11.0 Å². The second-order valence-electron chi connectivity index (χ2n) is 5.99. The number of unbranched alkanes of at least 4 members (excludes halogenated alkanes) is 1. The summed E-state index contributed by atoms with van der Waals surface area (Å²) in [4.78, 5) is 6.60. The normalized spacial score (nSPS) is 13.0. The highest BCUT2D eigenvalue weighted by Crippen LogP contribution is 2.27. The molecule has 0 fully saturated rings. The lowest BCUT2D eigenvalue weighted by Crippen LogP contribution is -2.21. The maximum Gasteiger partial charge on any atom is 0.240 e. The number of benzene rings is 1. The van der Waals surface area contributed by atoms with Crippen molar-refractivity contribution in [2.75, 3.05) is 7.05 Å². The number of fused-ring (bicyclic) bond motifs is 1. The zero-order valence-electron chi connectivity index (χ0n) is 14.0. The van der Waals surface area contributed by atoms with Crippen molar-refractivity contribution in [2.24, 2.45) is 0 Å². The topological polar surface area (TPSA) is 55.3 Å². The zero-order valence-corrected chi connectivity index (χ0v) is 14.0. The minimum absolute atomic E-state index is 0.133. The highest BCUT2D eigenvalue weighted by Gasteiger charge is 2.18. The summed E-state index contributed by atoms with van der Waals surface area (Å²) in [6.45, 7) is 4.88. The predicted octanol–water partition coefficient (Wildman–Crippen LogP) is 4.35. The molecule has 1 atom stereocenters. The van der Waals surface area contributed by atoms with Crippen molar-refractivity contribution in [1.82, 2.24) is 15.0 Å². The van der Waals surface area contributed by atoms with Crippen LogP contribution in [0.5, 0.6) is 0 Å². The summed E-state index contributed by atoms with van der Waals surface area (Å²) < 4.78 is 11.3. The SMILES string of the molecule is CCCCc1noc(CN(C)C(C)c2cc3ccccc3o2)n1. The van der Waals surface area contributed by atoms with Crippen LogP contribution in [-0.2, 0) is 13.0 Å². The van der Waals surface area contributed by atoms with E-state index in [0.717, 1.165) is 41.8 Å². The Kier molecular flexibility index (Phi) is 4.76. The molecule has 0 aliphatic rings. The first-order valence-corrected chi connectivity index (χ1v) is 8.17. The van der Waals surface area contributed by atoms with E-state index < -0.39 is 0 Å². The number of aromatic nitrogens is 2. The molecule has 0 aliphatic heterocycles. The summed E-state index contributed by atoms with van der Waals surface area (Å²) in [5, 5.41) is 5.16. The number of hydrogen-bond acceptors (Lipinski definition) is 5. The molecular weight excluding hydrogens is 290 g/mol. The summed E-state index contributed by atoms with van der Waals surface area (Å²) in [5.74, 6) is 2.40. The molecule has 2 heterocycles. The minimum atomic E-state index is 0.133. The quantitative estimate of drug-likeness (QED) is 0.649. The molecule has 0 N–H and O–H groups in total. The monoisotopic (exact) mass is 313 g/mol. The molecule has 0 aliphatic carbocycles. The molecule has 1 aromatic carbocycles. The van der Waals surface area contributed by atoms with E-state index in [9.17, 15) is 0 Å². The van der Waals surface area contributed by atoms with Gasteiger partial charge in [0.2, 0.25) is 5.89 Å². The van der Waals surface area contributed by atoms with Crippen LogP contribution in [0.1, 0.15) is 50.2 Å². The van der Waals surface area contributed by atoms with Crippen molar-refractivity contribution < 1.29 is 8.94 Å². The maximum atomic E-state index is 5.94. The van der Waals surface area contributed by atoms with Crippen molar-refractivity contribution in [3.63, 3.8) is 0 Å². The van der Waals surface area contributed by atoms with Crippen LogP contribution in [0.3, 0.4) is 0 Å². The number of furan rings is 1. The Balaban J connectivity index is 1.67. The standard InChI is InChI=1S/C18H23N3O2/c1-4-5-10-17-19-18(23-20-17)12-21(3)13(2)16-11-14-8-6-7-9-15(14)22-16/h6-9,11,13H,4-5,10,12H2,1-3H3. The van der Waals surface area contributed by atoms with E-state index in [1.807, 2.05) is 25.2 Å². The average Bonchev–Trinajstić information content (AvgIpc) is 3.18. The van der Waals surface area contributed by atoms with Crippen LogP contribution in [0, 0.1) is 0 Å². The third-order valence-electron chi connectivity index (χ3n) is 4.17. The van der Waals surface area contributed by atoms with Gasteiger partial charge in [-0.2, -0.15) is 4.98 Å². The Bertz CT molecular complexity index is 729. The number of aryl methyl sites for hydroxylation is 1. The Morgan fingerprint density at radius 3 is 2.87 bits per heavy atom. The third kappa shape index (κ3) is 3.62. The number of hydrogen-bond donors (Lipinski definition) is 0. The fraction of sp³-hybridized carbons (Fsp3) is 0.444. The van der Waals surface area contributed by atoms with Crippen LogP contribution in [0.15, 0.2) is 39.3 Å². The van der Waals surface area contributed by atoms with Gasteiger partial charge in [0.25, 0.3) is 0 Å². The number of para-hydroxylation sites is 1. The molecule has 0 amide bonds. The number of rotatable bonds is 7. The van der Waals surface area contributed by atoms with Crippen molar-refractivity contribution in [2.45, 2.75) is 45.7 Å². The minimum Gasteiger partial charge on any atom is -0.459 e. The molecule has 122 valence electrons. The van der Waals surface area contributed by atoms with Crippen molar-refractivity contribution >= 4 is 11.0 Å². The first-order valence-electron chi connectivity index (χ1n) is 8.17. The number of nitrogens with zero attached hydrogens (tertiary/aromatic N) is 3. The second-order valence-corrected chi connectivity index (χ2v) is 5.99. The van der Waals surface area contributed by atoms with Gasteiger partial charge in [-0.15, -0.1) is 0 Å². The molecule has 0 spiro atoms. The molecule has 23 heavy (non-hydrogen) atoms. The van der Waals surface area contributed by atoms with Gasteiger partial charge in [-0.25, -0.2) is 0 Å². The molecule has 0 saturated carbocycles. The van der Waals surface area contributed by atoms with E-state index in [4.69, 9.17) is 8.94 Å². The van der Waals surface area contributed by atoms with E-state index in [1.54, 1.807) is 0 Å². The molecule has 1 unspecified atom stereocenters. The van der Waals surface area contributed by atoms with Gasteiger partial charge in [-0.05, 0) is 32.5 Å². The van der Waals surface area contributed by atoms with Gasteiger partial charge in [-0.1, -0.05) is 36.7 Å². The highest BCUT2D eigenvalue weighted by molar-refractivity contribution is 5.77. The molecule has 2 aromatic heterocycles. The van der Waals surface area contributed by atoms with Crippen LogP contribution < -0.4 is 0 Å². The van der Waals surface area contributed by atoms with Gasteiger partial charge >= 0.3 is 0 Å². The fourth-order valence-electron chi connectivity index (χ4n) is 2.57. The lowest BCUT2D eigenvalue weighted by molar-refractivity contribution is 0.198. The molecule has 0 saturated heterocycles. The third-order valence-corrected chi connectivity index (χ3v) is 4.17. The molecule has 0 bridgehead atoms. The molecule has 5 nitrogen and oxygen atoms in total. The fourth-order valence-corrected chi connectivity index (χ4v) is 2.57. The van der Waals surface area contributed by atoms with E-state index >= 15 is 0 Å². The summed E-state index contributed by atoms with van der Waals surface area (Å²) in [6, 6.07) is 10.3. The van der Waals surface area contributed by atoms with Crippen LogP contribution >= 0.6 is 0 Å². The lowest BCUT2D eigenvalue weighted by atomic mass is 10.2. The molecular formula is C18H23N3O2. The summed E-state index contributed by atoms with van der Waals surface area (Å²) >= 11 is 0. The lowest BCUT2D eigenvalue weighted by Gasteiger charge is -2.20. The van der Waals surface area contributed by atoms with E-state index in [-0.39, 0.29) is 6.04 Å². The average molecular weight is 313 g/mol. The molecule has 3 rings (SSSR count). The van der Waals surface area contributed by atoms with E-state index in [1.165, 1.54) is 0 Å². The predicted molar refractivity (Wildman–Crippen MR) is 89.0 cm³/mol. The van der Waals surface area contributed by atoms with Gasteiger partial charge in [0, 0.05) is 11.8 Å². The van der Waals surface area contributed by atoms with E-state index in [0.29, 0.717) is 12.4 Å². The van der Waals surface area contributed by atoms with Crippen molar-refractivity contribution in [3.8, 4) is 0 Å². The van der Waals surface area contributed by atoms with Gasteiger partial charge in [0.05, 0.1) is 12.6 Å². The molecule has 0 radical (unpaired) electrons. The second kappa shape index (κ2) is 6.96. The van der Waals surface area contributed by atoms with Gasteiger partial charge in [0.1, 0.15) is 11.3 Å². The van der Waals surface area contributed by atoms with E-state index in [2.05, 4.69) is 41.0 Å². The smallest absolute Gasteiger partial charge is 0.240 e. The van der Waals surface area contributed by atoms with Gasteiger partial charge < -0.3 is 8.94 Å². The van der Waals surface area contributed by atoms with Gasteiger partial charge in [-0.3, -0.25) is 4.90 Å². The largest absolute Gasteiger partial charge is 0.459 e. The zero-order chi connectivity index (χ0) is 16.2. The molecule has 3 aromatic rings. The maximum absolute atomic E-state index is 5.94. The highest BCUT2D eigenvalue weighted by atomic mass is 16.5. The van der Waals surface area contributed by atoms with Gasteiger partial charge in [0.15, 0.2) is 5.82 Å². The summed E-state index contributed by atoms with van der Waals surface area (Å²) in [6.07, 6.45) is 3.10. The molecule has 5 heteroatoms. The Labute approximate surface area is 136 Å². The van der Waals surface area contributed by atoms with Crippen LogP contribution in [0.4, 0.5) is 0 Å². The van der Waals surface area contributed by atoms with Crippen molar-refractivity contribution in [3.05, 3.63) is 47.8 Å². The summed E-state index contributed by atoms with van der Waals surface area (Å²) in [7, 11) is 2.04. The van der Waals surface area contributed by atoms with Crippen LogP contribution in [0.2, 0.25) is 0 Å². The first-order chi connectivity index (χ1) is 11.2. The van der Waals surface area contributed by atoms with Crippen LogP contribution in [-0.4, -0.2) is 22.1 Å².